The predicted molar refractivity (Wildman–Crippen MR) is 112 cm³/mol. The molecule has 4 N–H and O–H groups in total. The first-order chi connectivity index (χ1) is 13.1. The number of piperidine rings is 1. The minimum Gasteiger partial charge on any atom is -0.354 e. The van der Waals surface area contributed by atoms with E-state index in [1.54, 1.807) is 12.1 Å². The van der Waals surface area contributed by atoms with Crippen molar-refractivity contribution in [3.63, 3.8) is 0 Å². The summed E-state index contributed by atoms with van der Waals surface area (Å²) in [5.74, 6) is -0.198. The van der Waals surface area contributed by atoms with Crippen LogP contribution >= 0.6 is 24.0 Å². The Morgan fingerprint density at radius 2 is 2.11 bits per heavy atom. The highest BCUT2D eigenvalue weighted by atomic mass is 35.5. The number of benzene rings is 1. The molecule has 1 atom stereocenters. The molecule has 0 bridgehead atoms. The highest BCUT2D eigenvalue weighted by Crippen LogP contribution is 2.27. The molecule has 7 nitrogen and oxygen atoms in total. The number of aromatic amines is 1. The molecule has 3 rings (SSSR count). The Morgan fingerprint density at radius 1 is 1.32 bits per heavy atom. The Morgan fingerprint density at radius 3 is 2.86 bits per heavy atom. The SMILES string of the molecule is Cl.NCCC(=O)NCC1CCCCN1C(=O)c1cc(-c2ccccc2Cl)n[nH]1. The van der Waals surface area contributed by atoms with Crippen LogP contribution < -0.4 is 11.1 Å². The topological polar surface area (TPSA) is 104 Å². The first kappa shape index (κ1) is 22.2. The number of nitrogens with two attached hydrogens (primary N) is 1. The van der Waals surface area contributed by atoms with Gasteiger partial charge in [0, 0.05) is 37.7 Å². The smallest absolute Gasteiger partial charge is 0.272 e. The fourth-order valence-electron chi connectivity index (χ4n) is 3.32. The molecule has 2 heterocycles. The van der Waals surface area contributed by atoms with E-state index in [9.17, 15) is 9.59 Å². The summed E-state index contributed by atoms with van der Waals surface area (Å²) >= 11 is 6.22. The van der Waals surface area contributed by atoms with E-state index in [0.717, 1.165) is 24.8 Å². The van der Waals surface area contributed by atoms with E-state index in [4.69, 9.17) is 17.3 Å². The number of amides is 2. The van der Waals surface area contributed by atoms with Crippen molar-refractivity contribution in [1.29, 1.82) is 0 Å². The summed E-state index contributed by atoms with van der Waals surface area (Å²) in [5.41, 5.74) is 7.24. The summed E-state index contributed by atoms with van der Waals surface area (Å²) in [6.07, 6.45) is 3.14. The van der Waals surface area contributed by atoms with Crippen molar-refractivity contribution in [1.82, 2.24) is 20.4 Å². The Hall–Kier alpha value is -2.09. The molecular weight excluding hydrogens is 401 g/mol. The number of hydrogen-bond acceptors (Lipinski definition) is 4. The number of halogens is 2. The van der Waals surface area contributed by atoms with Crippen molar-refractivity contribution < 1.29 is 9.59 Å². The van der Waals surface area contributed by atoms with Gasteiger partial charge in [0.2, 0.25) is 5.91 Å². The lowest BCUT2D eigenvalue weighted by Crippen LogP contribution is -2.49. The van der Waals surface area contributed by atoms with Gasteiger partial charge in [-0.3, -0.25) is 14.7 Å². The second-order valence-electron chi connectivity index (χ2n) is 6.64. The fraction of sp³-hybridized carbons (Fsp3) is 0.421. The molecule has 0 aliphatic carbocycles. The highest BCUT2D eigenvalue weighted by Gasteiger charge is 2.29. The van der Waals surface area contributed by atoms with Crippen molar-refractivity contribution in [2.24, 2.45) is 5.73 Å². The molecule has 2 aromatic rings. The number of likely N-dealkylation sites (tertiary alicyclic amines) is 1. The molecular formula is C19H25Cl2N5O2. The van der Waals surface area contributed by atoms with Gasteiger partial charge in [0.15, 0.2) is 0 Å². The van der Waals surface area contributed by atoms with E-state index in [1.807, 2.05) is 23.1 Å². The van der Waals surface area contributed by atoms with Gasteiger partial charge in [0.05, 0.1) is 10.7 Å². The van der Waals surface area contributed by atoms with Gasteiger partial charge >= 0.3 is 0 Å². The van der Waals surface area contributed by atoms with Crippen molar-refractivity contribution in [2.75, 3.05) is 19.6 Å². The number of nitrogens with one attached hydrogen (secondary N) is 2. The molecule has 1 aliphatic rings. The molecule has 1 saturated heterocycles. The van der Waals surface area contributed by atoms with Crippen LogP contribution in [0.5, 0.6) is 0 Å². The zero-order valence-electron chi connectivity index (χ0n) is 15.5. The van der Waals surface area contributed by atoms with Crippen LogP contribution in [-0.2, 0) is 4.79 Å². The van der Waals surface area contributed by atoms with Crippen LogP contribution in [0.4, 0.5) is 0 Å². The molecule has 1 aliphatic heterocycles. The van der Waals surface area contributed by atoms with Crippen LogP contribution in [0.1, 0.15) is 36.2 Å². The van der Waals surface area contributed by atoms with Crippen molar-refractivity contribution in [3.8, 4) is 11.3 Å². The summed E-state index contributed by atoms with van der Waals surface area (Å²) in [5, 5.41) is 10.5. The molecule has 0 saturated carbocycles. The first-order valence-electron chi connectivity index (χ1n) is 9.18. The number of aromatic nitrogens is 2. The van der Waals surface area contributed by atoms with Crippen LogP contribution in [0.2, 0.25) is 5.02 Å². The third kappa shape index (κ3) is 5.25. The standard InChI is InChI=1S/C19H24ClN5O2.ClH/c20-15-7-2-1-6-14(15)16-11-17(24-23-16)19(27)25-10-4-3-5-13(25)12-22-18(26)8-9-21;/h1-2,6-7,11,13H,3-5,8-10,12,21H2,(H,22,26)(H,23,24);1H. The Bertz CT molecular complexity index is 811. The average molecular weight is 426 g/mol. The molecule has 1 unspecified atom stereocenters. The second kappa shape index (κ2) is 10.5. The first-order valence-corrected chi connectivity index (χ1v) is 9.56. The number of H-pyrrole nitrogens is 1. The van der Waals surface area contributed by atoms with Gasteiger partial charge in [0.25, 0.3) is 5.91 Å². The van der Waals surface area contributed by atoms with Gasteiger partial charge < -0.3 is 16.0 Å². The van der Waals surface area contributed by atoms with Crippen LogP contribution in [0.3, 0.4) is 0 Å². The van der Waals surface area contributed by atoms with E-state index >= 15 is 0 Å². The van der Waals surface area contributed by atoms with E-state index < -0.39 is 0 Å². The number of nitrogens with zero attached hydrogens (tertiary/aromatic N) is 2. The summed E-state index contributed by atoms with van der Waals surface area (Å²) < 4.78 is 0. The Balaban J connectivity index is 0.00000280. The van der Waals surface area contributed by atoms with Gasteiger partial charge in [-0.1, -0.05) is 29.8 Å². The zero-order valence-corrected chi connectivity index (χ0v) is 17.1. The minimum absolute atomic E-state index is 0. The molecule has 2 amide bonds. The van der Waals surface area contributed by atoms with Gasteiger partial charge in [0.1, 0.15) is 5.69 Å². The van der Waals surface area contributed by atoms with E-state index in [-0.39, 0.29) is 30.3 Å². The third-order valence-corrected chi connectivity index (χ3v) is 5.08. The van der Waals surface area contributed by atoms with Gasteiger partial charge in [-0.25, -0.2) is 0 Å². The molecule has 152 valence electrons. The molecule has 1 aromatic heterocycles. The van der Waals surface area contributed by atoms with Crippen LogP contribution in [0.25, 0.3) is 11.3 Å². The lowest BCUT2D eigenvalue weighted by molar-refractivity contribution is -0.121. The largest absolute Gasteiger partial charge is 0.354 e. The zero-order chi connectivity index (χ0) is 19.2. The van der Waals surface area contributed by atoms with E-state index in [2.05, 4.69) is 15.5 Å². The van der Waals surface area contributed by atoms with Gasteiger partial charge in [-0.2, -0.15) is 5.10 Å². The van der Waals surface area contributed by atoms with Crippen molar-refractivity contribution in [3.05, 3.63) is 41.0 Å². The molecule has 0 spiro atoms. The monoisotopic (exact) mass is 425 g/mol. The van der Waals surface area contributed by atoms with Crippen molar-refractivity contribution in [2.45, 2.75) is 31.7 Å². The number of carbonyl (C=O) groups excluding carboxylic acids is 2. The van der Waals surface area contributed by atoms with Gasteiger partial charge in [-0.15, -0.1) is 12.4 Å². The molecule has 0 radical (unpaired) electrons. The van der Waals surface area contributed by atoms with Gasteiger partial charge in [-0.05, 0) is 31.4 Å². The summed E-state index contributed by atoms with van der Waals surface area (Å²) in [6, 6.07) is 9.08. The summed E-state index contributed by atoms with van der Waals surface area (Å²) in [7, 11) is 0. The lowest BCUT2D eigenvalue weighted by Gasteiger charge is -2.35. The average Bonchev–Trinajstić information content (AvgIpc) is 3.16. The highest BCUT2D eigenvalue weighted by molar-refractivity contribution is 6.33. The molecule has 28 heavy (non-hydrogen) atoms. The maximum atomic E-state index is 13.0. The minimum atomic E-state index is -0.112. The number of rotatable bonds is 6. The molecule has 9 heteroatoms. The lowest BCUT2D eigenvalue weighted by atomic mass is 10.0. The summed E-state index contributed by atoms with van der Waals surface area (Å²) in [4.78, 5) is 26.5. The molecule has 1 aromatic carbocycles. The number of hydrogen-bond donors (Lipinski definition) is 3. The van der Waals surface area contributed by atoms with Crippen LogP contribution in [-0.4, -0.2) is 52.6 Å². The van der Waals surface area contributed by atoms with Crippen molar-refractivity contribution >= 4 is 35.8 Å². The second-order valence-corrected chi connectivity index (χ2v) is 7.04. The molecule has 1 fully saturated rings. The summed E-state index contributed by atoms with van der Waals surface area (Å²) in [6.45, 7) is 1.42. The maximum absolute atomic E-state index is 13.0. The normalized spacial score (nSPS) is 16.4. The quantitative estimate of drug-likeness (QED) is 0.661. The Kier molecular flexibility index (Phi) is 8.29. The van der Waals surface area contributed by atoms with Crippen LogP contribution in [0.15, 0.2) is 30.3 Å². The van der Waals surface area contributed by atoms with E-state index in [1.165, 1.54) is 0 Å². The fourth-order valence-corrected chi connectivity index (χ4v) is 3.56. The third-order valence-electron chi connectivity index (χ3n) is 4.75. The maximum Gasteiger partial charge on any atom is 0.272 e. The van der Waals surface area contributed by atoms with Crippen LogP contribution in [0, 0.1) is 0 Å². The predicted octanol–water partition coefficient (Wildman–Crippen LogP) is 2.61. The van der Waals surface area contributed by atoms with E-state index in [0.29, 0.717) is 42.5 Å². The number of carbonyl (C=O) groups is 2. The Labute approximate surface area is 175 Å².